The molecule has 0 bridgehead atoms. The summed E-state index contributed by atoms with van der Waals surface area (Å²) in [5.41, 5.74) is 4.26. The van der Waals surface area contributed by atoms with Crippen molar-refractivity contribution >= 4 is 22.5 Å². The lowest BCUT2D eigenvalue weighted by atomic mass is 9.87. The molecule has 0 aliphatic heterocycles. The van der Waals surface area contributed by atoms with Crippen LogP contribution in [0, 0.1) is 18.8 Å². The van der Waals surface area contributed by atoms with Crippen LogP contribution in [-0.2, 0) is 0 Å². The van der Waals surface area contributed by atoms with E-state index in [0.717, 1.165) is 45.5 Å². The van der Waals surface area contributed by atoms with Crippen LogP contribution in [0.1, 0.15) is 84.0 Å². The molecular formula is C26H36ClN3O. The van der Waals surface area contributed by atoms with Gasteiger partial charge in [0.25, 0.3) is 0 Å². The SMILES string of the molecule is CC.Cc1nc2ccc(-c3cnc(C(C)C)nc3)cc2c(C(O)C(C)CC(C)C)c1Cl. The number of rotatable bonds is 6. The molecule has 2 aromatic heterocycles. The van der Waals surface area contributed by atoms with Crippen molar-refractivity contribution in [2.24, 2.45) is 11.8 Å². The van der Waals surface area contributed by atoms with Gasteiger partial charge < -0.3 is 5.11 Å². The van der Waals surface area contributed by atoms with Crippen molar-refractivity contribution in [3.8, 4) is 11.1 Å². The molecule has 0 radical (unpaired) electrons. The standard InChI is InChI=1S/C24H30ClN3O.C2H6/c1-13(2)9-15(5)23(29)21-19-10-17(7-8-20(19)28-16(6)22(21)25)18-11-26-24(14(3)4)27-12-18;1-2/h7-8,10-15,23,29H,9H2,1-6H3;1-2H3. The molecule has 3 rings (SSSR count). The number of hydrogen-bond donors (Lipinski definition) is 1. The van der Waals surface area contributed by atoms with Gasteiger partial charge in [0.1, 0.15) is 5.82 Å². The van der Waals surface area contributed by atoms with E-state index in [1.807, 2.05) is 51.4 Å². The van der Waals surface area contributed by atoms with Gasteiger partial charge in [-0.1, -0.05) is 66.1 Å². The molecule has 0 fully saturated rings. The van der Waals surface area contributed by atoms with Gasteiger partial charge in [-0.2, -0.15) is 0 Å². The van der Waals surface area contributed by atoms with Crippen molar-refractivity contribution in [3.63, 3.8) is 0 Å². The van der Waals surface area contributed by atoms with E-state index in [9.17, 15) is 5.11 Å². The van der Waals surface area contributed by atoms with Crippen LogP contribution < -0.4 is 0 Å². The van der Waals surface area contributed by atoms with Gasteiger partial charge in [-0.15, -0.1) is 0 Å². The molecule has 0 aliphatic rings. The van der Waals surface area contributed by atoms with Crippen LogP contribution in [0.3, 0.4) is 0 Å². The van der Waals surface area contributed by atoms with Crippen LogP contribution in [0.25, 0.3) is 22.0 Å². The largest absolute Gasteiger partial charge is 0.388 e. The van der Waals surface area contributed by atoms with E-state index in [4.69, 9.17) is 11.6 Å². The average molecular weight is 442 g/mol. The first-order valence-electron chi connectivity index (χ1n) is 11.3. The summed E-state index contributed by atoms with van der Waals surface area (Å²) in [6.07, 6.45) is 3.97. The molecule has 2 atom stereocenters. The van der Waals surface area contributed by atoms with Crippen molar-refractivity contribution < 1.29 is 5.11 Å². The monoisotopic (exact) mass is 441 g/mol. The first kappa shape index (κ1) is 25.2. The van der Waals surface area contributed by atoms with E-state index in [-0.39, 0.29) is 11.8 Å². The highest BCUT2D eigenvalue weighted by atomic mass is 35.5. The molecule has 2 heterocycles. The van der Waals surface area contributed by atoms with E-state index in [2.05, 4.69) is 49.6 Å². The van der Waals surface area contributed by atoms with E-state index in [1.165, 1.54) is 0 Å². The summed E-state index contributed by atoms with van der Waals surface area (Å²) in [5, 5.41) is 12.6. The van der Waals surface area contributed by atoms with Crippen molar-refractivity contribution in [3.05, 3.63) is 52.7 Å². The van der Waals surface area contributed by atoms with Crippen LogP contribution >= 0.6 is 11.6 Å². The van der Waals surface area contributed by atoms with E-state index in [1.54, 1.807) is 0 Å². The lowest BCUT2D eigenvalue weighted by Crippen LogP contribution is -2.13. The molecule has 1 N–H and O–H groups in total. The Morgan fingerprint density at radius 3 is 2.13 bits per heavy atom. The highest BCUT2D eigenvalue weighted by molar-refractivity contribution is 6.33. The fourth-order valence-electron chi connectivity index (χ4n) is 3.80. The zero-order valence-electron chi connectivity index (χ0n) is 20.1. The molecule has 31 heavy (non-hydrogen) atoms. The maximum Gasteiger partial charge on any atom is 0.130 e. The second-order valence-electron chi connectivity index (χ2n) is 8.69. The third-order valence-electron chi connectivity index (χ3n) is 5.33. The highest BCUT2D eigenvalue weighted by Gasteiger charge is 2.24. The number of nitrogens with zero attached hydrogens (tertiary/aromatic N) is 3. The van der Waals surface area contributed by atoms with Crippen molar-refractivity contribution in [2.45, 2.75) is 73.8 Å². The van der Waals surface area contributed by atoms with Crippen LogP contribution in [-0.4, -0.2) is 20.1 Å². The number of hydrogen-bond acceptors (Lipinski definition) is 4. The predicted molar refractivity (Wildman–Crippen MR) is 132 cm³/mol. The molecule has 0 saturated heterocycles. The Hall–Kier alpha value is -2.04. The topological polar surface area (TPSA) is 58.9 Å². The van der Waals surface area contributed by atoms with Gasteiger partial charge >= 0.3 is 0 Å². The second-order valence-corrected chi connectivity index (χ2v) is 9.07. The van der Waals surface area contributed by atoms with Gasteiger partial charge in [0.05, 0.1) is 22.3 Å². The fraction of sp³-hybridized carbons (Fsp3) is 0.500. The smallest absolute Gasteiger partial charge is 0.130 e. The zero-order valence-corrected chi connectivity index (χ0v) is 20.8. The summed E-state index contributed by atoms with van der Waals surface area (Å²) in [5.74, 6) is 1.71. The predicted octanol–water partition coefficient (Wildman–Crippen LogP) is 7.52. The quantitative estimate of drug-likeness (QED) is 0.429. The van der Waals surface area contributed by atoms with Crippen molar-refractivity contribution in [2.75, 3.05) is 0 Å². The number of fused-ring (bicyclic) bond motifs is 1. The van der Waals surface area contributed by atoms with Gasteiger partial charge in [-0.3, -0.25) is 4.98 Å². The average Bonchev–Trinajstić information content (AvgIpc) is 2.75. The molecule has 0 amide bonds. The molecule has 4 nitrogen and oxygen atoms in total. The summed E-state index contributed by atoms with van der Waals surface area (Å²) in [6, 6.07) is 6.04. The number of aliphatic hydroxyl groups is 1. The Morgan fingerprint density at radius 1 is 0.968 bits per heavy atom. The van der Waals surface area contributed by atoms with Gasteiger partial charge in [0.15, 0.2) is 0 Å². The van der Waals surface area contributed by atoms with E-state index < -0.39 is 6.10 Å². The second kappa shape index (κ2) is 11.0. The lowest BCUT2D eigenvalue weighted by Gasteiger charge is -2.24. The Bertz CT molecular complexity index is 1000. The molecule has 2 unspecified atom stereocenters. The maximum absolute atomic E-state index is 11.2. The minimum absolute atomic E-state index is 0.0924. The third kappa shape index (κ3) is 5.81. The summed E-state index contributed by atoms with van der Waals surface area (Å²) in [6.45, 7) is 16.4. The van der Waals surface area contributed by atoms with Crippen molar-refractivity contribution in [1.29, 1.82) is 0 Å². The number of benzene rings is 1. The number of aromatic nitrogens is 3. The summed E-state index contributed by atoms with van der Waals surface area (Å²) in [4.78, 5) is 13.6. The van der Waals surface area contributed by atoms with Gasteiger partial charge in [0.2, 0.25) is 0 Å². The molecular weight excluding hydrogens is 406 g/mol. The van der Waals surface area contributed by atoms with Crippen LogP contribution in [0.5, 0.6) is 0 Å². The maximum atomic E-state index is 11.2. The Labute approximate surface area is 192 Å². The third-order valence-corrected chi connectivity index (χ3v) is 5.81. The first-order valence-corrected chi connectivity index (χ1v) is 11.7. The first-order chi connectivity index (χ1) is 14.7. The van der Waals surface area contributed by atoms with E-state index >= 15 is 0 Å². The highest BCUT2D eigenvalue weighted by Crippen LogP contribution is 2.38. The summed E-state index contributed by atoms with van der Waals surface area (Å²) >= 11 is 6.65. The van der Waals surface area contributed by atoms with E-state index in [0.29, 0.717) is 10.9 Å². The zero-order chi connectivity index (χ0) is 23.3. The van der Waals surface area contributed by atoms with Crippen LogP contribution in [0.2, 0.25) is 5.02 Å². The molecule has 1 aromatic carbocycles. The molecule has 168 valence electrons. The minimum atomic E-state index is -0.649. The van der Waals surface area contributed by atoms with Gasteiger partial charge in [-0.05, 0) is 42.9 Å². The molecule has 0 saturated carbocycles. The van der Waals surface area contributed by atoms with Crippen LogP contribution in [0.4, 0.5) is 0 Å². The molecule has 0 aliphatic carbocycles. The summed E-state index contributed by atoms with van der Waals surface area (Å²) < 4.78 is 0. The molecule has 5 heteroatoms. The Kier molecular flexibility index (Phi) is 8.96. The van der Waals surface area contributed by atoms with Gasteiger partial charge in [-0.25, -0.2) is 9.97 Å². The lowest BCUT2D eigenvalue weighted by molar-refractivity contribution is 0.106. The normalized spacial score (nSPS) is 13.3. The molecule has 0 spiro atoms. The van der Waals surface area contributed by atoms with Crippen molar-refractivity contribution in [1.82, 2.24) is 15.0 Å². The Balaban J connectivity index is 0.00000166. The minimum Gasteiger partial charge on any atom is -0.388 e. The Morgan fingerprint density at radius 2 is 1.58 bits per heavy atom. The fourth-order valence-corrected chi connectivity index (χ4v) is 4.06. The number of aliphatic hydroxyl groups excluding tert-OH is 1. The number of halogens is 1. The van der Waals surface area contributed by atoms with Gasteiger partial charge in [0, 0.05) is 34.8 Å². The number of pyridine rings is 1. The summed E-state index contributed by atoms with van der Waals surface area (Å²) in [7, 11) is 0. The molecule has 3 aromatic rings. The van der Waals surface area contributed by atoms with Crippen LogP contribution in [0.15, 0.2) is 30.6 Å². The number of aryl methyl sites for hydroxylation is 1.